The van der Waals surface area contributed by atoms with Gasteiger partial charge in [-0.3, -0.25) is 0 Å². The quantitative estimate of drug-likeness (QED) is 0.571. The lowest BCUT2D eigenvalue weighted by molar-refractivity contribution is 1.65. The van der Waals surface area contributed by atoms with Crippen LogP contribution >= 0.6 is 0 Å². The Morgan fingerprint density at radius 1 is 0.895 bits per heavy atom. The van der Waals surface area contributed by atoms with Gasteiger partial charge in [0.1, 0.15) is 0 Å². The summed E-state index contributed by atoms with van der Waals surface area (Å²) in [6, 6.07) is 18.6. The maximum Gasteiger partial charge on any atom is 0.0799 e. The van der Waals surface area contributed by atoms with Crippen LogP contribution in [0, 0.1) is 11.8 Å². The molecule has 0 aliphatic carbocycles. The second-order valence-electron chi connectivity index (χ2n) is 4.56. The van der Waals surface area contributed by atoms with Gasteiger partial charge in [-0.25, -0.2) is 0 Å². The zero-order valence-electron chi connectivity index (χ0n) is 11.4. The van der Waals surface area contributed by atoms with Crippen molar-refractivity contribution in [3.8, 4) is 11.8 Å². The van der Waals surface area contributed by atoms with Gasteiger partial charge < -0.3 is 0 Å². The summed E-state index contributed by atoms with van der Waals surface area (Å²) in [5, 5.41) is 1.46. The van der Waals surface area contributed by atoms with Crippen molar-refractivity contribution in [2.24, 2.45) is 0 Å². The van der Waals surface area contributed by atoms with E-state index in [1.54, 1.807) is 0 Å². The summed E-state index contributed by atoms with van der Waals surface area (Å²) < 4.78 is 0. The van der Waals surface area contributed by atoms with E-state index in [0.717, 1.165) is 5.56 Å². The van der Waals surface area contributed by atoms with Gasteiger partial charge in [0.15, 0.2) is 0 Å². The van der Waals surface area contributed by atoms with Crippen LogP contribution in [0.2, 0.25) is 13.1 Å². The van der Waals surface area contributed by atoms with E-state index in [1.807, 2.05) is 36.4 Å². The summed E-state index contributed by atoms with van der Waals surface area (Å²) in [5.74, 6) is 6.23. The molecule has 0 heterocycles. The Balaban J connectivity index is 2.14. The Kier molecular flexibility index (Phi) is 4.77. The topological polar surface area (TPSA) is 0 Å². The van der Waals surface area contributed by atoms with Gasteiger partial charge in [-0.15, -0.1) is 0 Å². The standard InChI is InChI=1S/C18H17Si/c1-19(2)18-15-9-8-14-17(18)13-7-6-12-16-10-4-3-5-11-16/h3-5,7-11,13-15H,1-2H3/b13-7+. The third kappa shape index (κ3) is 3.98. The van der Waals surface area contributed by atoms with Crippen LogP contribution in [0.5, 0.6) is 0 Å². The molecule has 0 aromatic heterocycles. The zero-order valence-corrected chi connectivity index (χ0v) is 12.4. The molecule has 0 aliphatic heterocycles. The fourth-order valence-electron chi connectivity index (χ4n) is 1.88. The molecule has 0 amide bonds. The van der Waals surface area contributed by atoms with Gasteiger partial charge in [0.25, 0.3) is 0 Å². The molecule has 0 atom stereocenters. The molecule has 0 unspecified atom stereocenters. The maximum absolute atomic E-state index is 3.14. The first-order valence-corrected chi connectivity index (χ1v) is 8.90. The second kappa shape index (κ2) is 6.77. The number of hydrogen-bond donors (Lipinski definition) is 0. The maximum atomic E-state index is 3.14. The van der Waals surface area contributed by atoms with Crippen molar-refractivity contribution in [3.63, 3.8) is 0 Å². The highest BCUT2D eigenvalue weighted by Crippen LogP contribution is 2.01. The lowest BCUT2D eigenvalue weighted by Gasteiger charge is -2.06. The van der Waals surface area contributed by atoms with E-state index in [-0.39, 0.29) is 0 Å². The van der Waals surface area contributed by atoms with E-state index in [4.69, 9.17) is 0 Å². The van der Waals surface area contributed by atoms with Crippen LogP contribution in [0.4, 0.5) is 0 Å². The average Bonchev–Trinajstić information content (AvgIpc) is 2.45. The molecule has 0 saturated carbocycles. The van der Waals surface area contributed by atoms with E-state index < -0.39 is 8.80 Å². The van der Waals surface area contributed by atoms with Gasteiger partial charge >= 0.3 is 0 Å². The minimum Gasteiger partial charge on any atom is -0.0696 e. The number of benzene rings is 2. The van der Waals surface area contributed by atoms with Crippen molar-refractivity contribution in [3.05, 3.63) is 71.8 Å². The van der Waals surface area contributed by atoms with Gasteiger partial charge in [0, 0.05) is 5.56 Å². The molecular formula is C18H17Si. The zero-order chi connectivity index (χ0) is 13.5. The first-order chi connectivity index (χ1) is 9.27. The van der Waals surface area contributed by atoms with Crippen LogP contribution in [0.1, 0.15) is 11.1 Å². The fraction of sp³-hybridized carbons (Fsp3) is 0.111. The number of allylic oxidation sites excluding steroid dienone is 1. The second-order valence-corrected chi connectivity index (χ2v) is 7.09. The summed E-state index contributed by atoms with van der Waals surface area (Å²) >= 11 is 0. The molecule has 0 N–H and O–H groups in total. The van der Waals surface area contributed by atoms with Crippen LogP contribution in [0.15, 0.2) is 60.7 Å². The molecule has 0 bridgehead atoms. The Labute approximate surface area is 117 Å². The summed E-state index contributed by atoms with van der Waals surface area (Å²) in [7, 11) is -0.430. The molecule has 0 saturated heterocycles. The monoisotopic (exact) mass is 261 g/mol. The summed E-state index contributed by atoms with van der Waals surface area (Å²) in [5.41, 5.74) is 2.35. The molecule has 0 nitrogen and oxygen atoms in total. The molecule has 93 valence electrons. The molecule has 1 heteroatoms. The van der Waals surface area contributed by atoms with E-state index in [9.17, 15) is 0 Å². The third-order valence-corrected chi connectivity index (χ3v) is 4.37. The lowest BCUT2D eigenvalue weighted by atomic mass is 10.2. The van der Waals surface area contributed by atoms with Crippen molar-refractivity contribution < 1.29 is 0 Å². The predicted molar refractivity (Wildman–Crippen MR) is 85.9 cm³/mol. The van der Waals surface area contributed by atoms with Crippen LogP contribution < -0.4 is 5.19 Å². The van der Waals surface area contributed by atoms with Crippen molar-refractivity contribution in [1.82, 2.24) is 0 Å². The van der Waals surface area contributed by atoms with Crippen molar-refractivity contribution in [2.45, 2.75) is 13.1 Å². The Bertz CT molecular complexity index is 613. The predicted octanol–water partition coefficient (Wildman–Crippen LogP) is 3.71. The average molecular weight is 261 g/mol. The summed E-state index contributed by atoms with van der Waals surface area (Å²) in [6.07, 6.45) is 4.06. The smallest absolute Gasteiger partial charge is 0.0696 e. The minimum absolute atomic E-state index is 0.430. The van der Waals surface area contributed by atoms with Crippen LogP contribution in [-0.2, 0) is 0 Å². The van der Waals surface area contributed by atoms with Crippen molar-refractivity contribution >= 4 is 20.1 Å². The molecule has 2 rings (SSSR count). The molecule has 2 aromatic carbocycles. The van der Waals surface area contributed by atoms with E-state index >= 15 is 0 Å². The highest BCUT2D eigenvalue weighted by molar-refractivity contribution is 6.71. The van der Waals surface area contributed by atoms with Crippen LogP contribution in [-0.4, -0.2) is 8.80 Å². The van der Waals surface area contributed by atoms with Gasteiger partial charge in [0.05, 0.1) is 8.80 Å². The summed E-state index contributed by atoms with van der Waals surface area (Å²) in [4.78, 5) is 0. The van der Waals surface area contributed by atoms with E-state index in [1.165, 1.54) is 10.8 Å². The Morgan fingerprint density at radius 3 is 2.32 bits per heavy atom. The van der Waals surface area contributed by atoms with Gasteiger partial charge in [0.2, 0.25) is 0 Å². The Morgan fingerprint density at radius 2 is 1.58 bits per heavy atom. The highest BCUT2D eigenvalue weighted by Gasteiger charge is 2.03. The van der Waals surface area contributed by atoms with Crippen molar-refractivity contribution in [1.29, 1.82) is 0 Å². The number of hydrogen-bond acceptors (Lipinski definition) is 0. The van der Waals surface area contributed by atoms with Gasteiger partial charge in [-0.2, -0.15) is 0 Å². The molecule has 2 aromatic rings. The van der Waals surface area contributed by atoms with E-state index in [0.29, 0.717) is 0 Å². The number of rotatable bonds is 2. The first kappa shape index (κ1) is 13.4. The highest BCUT2D eigenvalue weighted by atomic mass is 28.3. The van der Waals surface area contributed by atoms with Gasteiger partial charge in [-0.05, 0) is 29.8 Å². The molecule has 0 fully saturated rings. The van der Waals surface area contributed by atoms with Crippen molar-refractivity contribution in [2.75, 3.05) is 0 Å². The fourth-order valence-corrected chi connectivity index (χ4v) is 3.05. The normalized spacial score (nSPS) is 10.5. The molecule has 1 radical (unpaired) electrons. The SMILES string of the molecule is C[Si](C)c1ccccc1/C=C/C#Cc1ccccc1. The Hall–Kier alpha value is -2.04. The molecule has 0 aliphatic rings. The first-order valence-electron chi connectivity index (χ1n) is 6.40. The van der Waals surface area contributed by atoms with Gasteiger partial charge in [-0.1, -0.05) is 72.6 Å². The van der Waals surface area contributed by atoms with Crippen LogP contribution in [0.3, 0.4) is 0 Å². The summed E-state index contributed by atoms with van der Waals surface area (Å²) in [6.45, 7) is 4.62. The third-order valence-electron chi connectivity index (χ3n) is 2.84. The lowest BCUT2D eigenvalue weighted by Crippen LogP contribution is -2.24. The largest absolute Gasteiger partial charge is 0.0799 e. The molecule has 0 spiro atoms. The minimum atomic E-state index is -0.430. The molecular weight excluding hydrogens is 244 g/mol. The molecule has 19 heavy (non-hydrogen) atoms. The van der Waals surface area contributed by atoms with E-state index in [2.05, 4.69) is 55.3 Å². The van der Waals surface area contributed by atoms with Crippen LogP contribution in [0.25, 0.3) is 6.08 Å².